The molecule has 6 nitrogen and oxygen atoms in total. The Labute approximate surface area is 159 Å². The molecule has 4 aromatic rings. The first-order valence-electron chi connectivity index (χ1n) is 8.72. The number of benzene rings is 2. The van der Waals surface area contributed by atoms with Crippen molar-refractivity contribution in [1.29, 1.82) is 0 Å². The lowest BCUT2D eigenvalue weighted by Crippen LogP contribution is -2.29. The topological polar surface area (TPSA) is 73.9 Å². The summed E-state index contributed by atoms with van der Waals surface area (Å²) < 4.78 is 0. The largest absolute Gasteiger partial charge is 0.345 e. The number of aryl methyl sites for hydroxylation is 1. The molecule has 3 heterocycles. The van der Waals surface area contributed by atoms with E-state index in [0.717, 1.165) is 38.5 Å². The summed E-state index contributed by atoms with van der Waals surface area (Å²) in [4.78, 5) is 26.2. The number of nitrogens with one attached hydrogen (secondary N) is 2. The summed E-state index contributed by atoms with van der Waals surface area (Å²) in [7, 11) is 0. The number of fused-ring (bicyclic) bond motifs is 1. The Morgan fingerprint density at radius 3 is 2.81 bits per heavy atom. The average molecular weight is 375 g/mol. The van der Waals surface area contributed by atoms with Crippen molar-refractivity contribution in [2.75, 3.05) is 11.4 Å². The van der Waals surface area contributed by atoms with E-state index in [-0.39, 0.29) is 12.1 Å². The van der Waals surface area contributed by atoms with Gasteiger partial charge in [-0.2, -0.15) is 0 Å². The van der Waals surface area contributed by atoms with Gasteiger partial charge in [-0.25, -0.2) is 14.8 Å². The van der Waals surface area contributed by atoms with Crippen LogP contribution in [-0.4, -0.2) is 27.5 Å². The summed E-state index contributed by atoms with van der Waals surface area (Å²) in [5.74, 6) is 0. The Bertz CT molecular complexity index is 1130. The van der Waals surface area contributed by atoms with Gasteiger partial charge in [0.1, 0.15) is 5.01 Å². The Morgan fingerprint density at radius 1 is 1.19 bits per heavy atom. The highest BCUT2D eigenvalue weighted by Gasteiger charge is 2.33. The molecule has 1 fully saturated rings. The summed E-state index contributed by atoms with van der Waals surface area (Å²) in [6.45, 7) is 2.57. The van der Waals surface area contributed by atoms with E-state index in [1.807, 2.05) is 25.1 Å². The molecule has 5 rings (SSSR count). The van der Waals surface area contributed by atoms with Crippen LogP contribution in [-0.2, 0) is 0 Å². The lowest BCUT2D eigenvalue weighted by molar-refractivity contribution is 0.251. The molecule has 2 aromatic carbocycles. The number of nitrogens with zero attached hydrogens (tertiary/aromatic N) is 3. The first-order chi connectivity index (χ1) is 13.2. The van der Waals surface area contributed by atoms with Gasteiger partial charge in [0, 0.05) is 28.9 Å². The van der Waals surface area contributed by atoms with Gasteiger partial charge in [-0.15, -0.1) is 11.3 Å². The molecule has 134 valence electrons. The van der Waals surface area contributed by atoms with Crippen LogP contribution in [0.1, 0.15) is 17.3 Å². The van der Waals surface area contributed by atoms with E-state index >= 15 is 0 Å². The van der Waals surface area contributed by atoms with Crippen molar-refractivity contribution in [2.24, 2.45) is 0 Å². The fourth-order valence-electron chi connectivity index (χ4n) is 3.47. The molecule has 2 aromatic heterocycles. The number of carbonyl (C=O) groups excluding carboxylic acids is 1. The minimum atomic E-state index is -0.0884. The highest BCUT2D eigenvalue weighted by atomic mass is 32.1. The number of carbonyl (C=O) groups is 1. The van der Waals surface area contributed by atoms with Crippen LogP contribution in [0.25, 0.3) is 21.6 Å². The lowest BCUT2D eigenvalue weighted by Gasteiger charge is -2.23. The molecular weight excluding hydrogens is 358 g/mol. The first-order valence-corrected chi connectivity index (χ1v) is 9.60. The molecule has 0 spiro atoms. The van der Waals surface area contributed by atoms with Crippen molar-refractivity contribution in [3.8, 4) is 10.6 Å². The van der Waals surface area contributed by atoms with Crippen molar-refractivity contribution in [3.63, 3.8) is 0 Å². The predicted octanol–water partition coefficient (Wildman–Crippen LogP) is 4.27. The second-order valence-electron chi connectivity index (χ2n) is 6.59. The van der Waals surface area contributed by atoms with Gasteiger partial charge in [0.25, 0.3) is 0 Å². The molecule has 1 aliphatic heterocycles. The third-order valence-corrected chi connectivity index (χ3v) is 5.83. The van der Waals surface area contributed by atoms with E-state index in [0.29, 0.717) is 6.54 Å². The third kappa shape index (κ3) is 2.76. The number of hydrogen-bond acceptors (Lipinski definition) is 4. The third-order valence-electron chi connectivity index (χ3n) is 4.82. The van der Waals surface area contributed by atoms with Crippen molar-refractivity contribution in [3.05, 3.63) is 65.4 Å². The number of aromatic nitrogens is 3. The number of anilines is 1. The normalized spacial score (nSPS) is 16.9. The maximum atomic E-state index is 12.5. The van der Waals surface area contributed by atoms with Crippen LogP contribution in [0.5, 0.6) is 0 Å². The predicted molar refractivity (Wildman–Crippen MR) is 107 cm³/mol. The lowest BCUT2D eigenvalue weighted by atomic mass is 10.0. The number of aromatic amines is 1. The van der Waals surface area contributed by atoms with Gasteiger partial charge >= 0.3 is 6.03 Å². The van der Waals surface area contributed by atoms with E-state index in [9.17, 15) is 4.79 Å². The van der Waals surface area contributed by atoms with Gasteiger partial charge in [0.2, 0.25) is 0 Å². The van der Waals surface area contributed by atoms with Crippen LogP contribution in [0.15, 0.2) is 54.2 Å². The smallest absolute Gasteiger partial charge is 0.322 e. The van der Waals surface area contributed by atoms with Crippen molar-refractivity contribution >= 4 is 34.1 Å². The fraction of sp³-hybridized carbons (Fsp3) is 0.150. The molecule has 1 unspecified atom stereocenters. The molecule has 0 radical (unpaired) electrons. The fourth-order valence-corrected chi connectivity index (χ4v) is 4.27. The number of hydrogen-bond donors (Lipinski definition) is 2. The number of imidazole rings is 1. The molecule has 7 heteroatoms. The number of rotatable bonds is 3. The van der Waals surface area contributed by atoms with Crippen LogP contribution in [0.3, 0.4) is 0 Å². The van der Waals surface area contributed by atoms with Crippen LogP contribution in [0, 0.1) is 6.92 Å². The number of urea groups is 1. The molecule has 1 saturated heterocycles. The minimum absolute atomic E-state index is 0.0547. The standard InChI is InChI=1S/C20H17N5OS/c1-12-10-27-19(24-12)14-4-2-13(3-5-14)18-9-21-20(26)25(18)15-6-7-16-17(8-15)23-11-22-16/h2-8,10-11,18H,9H2,1H3,(H,21,26)(H,22,23). The number of amides is 2. The van der Waals surface area contributed by atoms with Crippen LogP contribution in [0.4, 0.5) is 10.5 Å². The summed E-state index contributed by atoms with van der Waals surface area (Å²) >= 11 is 1.64. The molecule has 2 amide bonds. The Balaban J connectivity index is 1.48. The molecule has 0 saturated carbocycles. The SMILES string of the molecule is Cc1csc(-c2ccc(C3CNC(=O)N3c3ccc4[nH]cnc4c3)cc2)n1. The monoisotopic (exact) mass is 375 g/mol. The quantitative estimate of drug-likeness (QED) is 0.562. The van der Waals surface area contributed by atoms with Gasteiger partial charge < -0.3 is 10.3 Å². The number of thiazole rings is 1. The van der Waals surface area contributed by atoms with E-state index < -0.39 is 0 Å². The van der Waals surface area contributed by atoms with Gasteiger partial charge in [-0.05, 0) is 30.7 Å². The summed E-state index contributed by atoms with van der Waals surface area (Å²) in [5.41, 5.74) is 5.86. The minimum Gasteiger partial charge on any atom is -0.345 e. The molecule has 0 bridgehead atoms. The zero-order chi connectivity index (χ0) is 18.4. The summed E-state index contributed by atoms with van der Waals surface area (Å²) in [6, 6.07) is 14.0. The van der Waals surface area contributed by atoms with E-state index in [4.69, 9.17) is 0 Å². The molecule has 0 aliphatic carbocycles. The van der Waals surface area contributed by atoms with Crippen LogP contribution < -0.4 is 10.2 Å². The molecule has 1 aliphatic rings. The van der Waals surface area contributed by atoms with Gasteiger partial charge in [0.05, 0.1) is 23.4 Å². The second kappa shape index (κ2) is 6.21. The van der Waals surface area contributed by atoms with Crippen LogP contribution in [0.2, 0.25) is 0 Å². The van der Waals surface area contributed by atoms with E-state index in [1.165, 1.54) is 0 Å². The van der Waals surface area contributed by atoms with Gasteiger partial charge in [-0.3, -0.25) is 4.90 Å². The van der Waals surface area contributed by atoms with Crippen LogP contribution >= 0.6 is 11.3 Å². The second-order valence-corrected chi connectivity index (χ2v) is 7.45. The zero-order valence-electron chi connectivity index (χ0n) is 14.6. The molecule has 27 heavy (non-hydrogen) atoms. The Hall–Kier alpha value is -3.19. The average Bonchev–Trinajstić information content (AvgIpc) is 3.41. The van der Waals surface area contributed by atoms with E-state index in [1.54, 1.807) is 22.6 Å². The maximum Gasteiger partial charge on any atom is 0.322 e. The van der Waals surface area contributed by atoms with Crippen molar-refractivity contribution in [1.82, 2.24) is 20.3 Å². The maximum absolute atomic E-state index is 12.5. The highest BCUT2D eigenvalue weighted by Crippen LogP contribution is 2.33. The molecule has 2 N–H and O–H groups in total. The number of H-pyrrole nitrogens is 1. The van der Waals surface area contributed by atoms with Gasteiger partial charge in [-0.1, -0.05) is 24.3 Å². The van der Waals surface area contributed by atoms with E-state index in [2.05, 4.69) is 49.9 Å². The summed E-state index contributed by atoms with van der Waals surface area (Å²) in [5, 5.41) is 6.02. The highest BCUT2D eigenvalue weighted by molar-refractivity contribution is 7.13. The summed E-state index contributed by atoms with van der Waals surface area (Å²) in [6.07, 6.45) is 1.66. The van der Waals surface area contributed by atoms with Crippen molar-refractivity contribution < 1.29 is 4.79 Å². The zero-order valence-corrected chi connectivity index (χ0v) is 15.5. The Kier molecular flexibility index (Phi) is 3.68. The first kappa shape index (κ1) is 16.0. The van der Waals surface area contributed by atoms with Crippen molar-refractivity contribution in [2.45, 2.75) is 13.0 Å². The molecule has 1 atom stereocenters. The van der Waals surface area contributed by atoms with Gasteiger partial charge in [0.15, 0.2) is 0 Å². The molecular formula is C20H17N5OS. The Morgan fingerprint density at radius 2 is 2.04 bits per heavy atom.